The molecular weight excluding hydrogens is 667 g/mol. The van der Waals surface area contributed by atoms with E-state index < -0.39 is 67.4 Å². The molecule has 0 unspecified atom stereocenters. The van der Waals surface area contributed by atoms with Crippen LogP contribution in [-0.4, -0.2) is 50.3 Å². The Morgan fingerprint density at radius 1 is 0.891 bits per heavy atom. The average Bonchev–Trinajstić information content (AvgIpc) is 2.90. The molecule has 0 aliphatic rings. The summed E-state index contributed by atoms with van der Waals surface area (Å²) < 4.78 is 147. The van der Waals surface area contributed by atoms with Crippen LogP contribution in [0.3, 0.4) is 0 Å². The minimum Gasteiger partial charge on any atom is -0.497 e. The van der Waals surface area contributed by atoms with Gasteiger partial charge >= 0.3 is 36.5 Å². The van der Waals surface area contributed by atoms with Crippen LogP contribution in [0, 0.1) is 0 Å². The van der Waals surface area contributed by atoms with Crippen molar-refractivity contribution >= 4 is 28.7 Å². The average molecular weight is 691 g/mol. The lowest BCUT2D eigenvalue weighted by molar-refractivity contribution is -0.514. The van der Waals surface area contributed by atoms with Crippen molar-refractivity contribution in [2.24, 2.45) is 0 Å². The van der Waals surface area contributed by atoms with Crippen molar-refractivity contribution in [3.8, 4) is 22.6 Å². The number of esters is 1. The van der Waals surface area contributed by atoms with E-state index in [0.717, 1.165) is 12.1 Å². The van der Waals surface area contributed by atoms with Gasteiger partial charge in [-0.25, -0.2) is 19.1 Å². The van der Waals surface area contributed by atoms with Crippen molar-refractivity contribution in [3.63, 3.8) is 0 Å². The zero-order valence-corrected chi connectivity index (χ0v) is 24.5. The molecule has 0 amide bonds. The largest absolute Gasteiger partial charge is 0.573 e. The smallest absolute Gasteiger partial charge is 0.497 e. The molecule has 0 aliphatic heterocycles. The maximum absolute atomic E-state index is 14.1. The number of methoxy groups -OCH3 is 1. The van der Waals surface area contributed by atoms with Crippen molar-refractivity contribution in [3.05, 3.63) is 65.0 Å². The molecular formula is C28H23F9O8S. The molecule has 252 valence electrons. The van der Waals surface area contributed by atoms with Crippen LogP contribution in [0.5, 0.6) is 11.5 Å². The van der Waals surface area contributed by atoms with Crippen LogP contribution < -0.4 is 15.1 Å². The van der Waals surface area contributed by atoms with Crippen molar-refractivity contribution in [2.75, 3.05) is 19.5 Å². The number of ether oxygens (including phenoxy) is 5. The Hall–Kier alpha value is -3.90. The van der Waals surface area contributed by atoms with E-state index in [-0.39, 0.29) is 38.3 Å². The number of fused-ring (bicyclic) bond motifs is 1. The molecule has 0 bridgehead atoms. The molecule has 0 fully saturated rings. The third-order valence-electron chi connectivity index (χ3n) is 5.58. The first-order valence-corrected chi connectivity index (χ1v) is 13.7. The number of hydrogen-bond donors (Lipinski definition) is 0. The van der Waals surface area contributed by atoms with Crippen molar-refractivity contribution in [1.82, 2.24) is 0 Å². The molecule has 3 aromatic rings. The highest BCUT2D eigenvalue weighted by Crippen LogP contribution is 2.39. The van der Waals surface area contributed by atoms with Crippen LogP contribution in [0.4, 0.5) is 39.5 Å². The number of carbonyl (C=O) groups excluding carboxylic acids is 1. The minimum absolute atomic E-state index is 0.0128. The minimum atomic E-state index is -5.44. The van der Waals surface area contributed by atoms with Crippen LogP contribution in [0.2, 0.25) is 0 Å². The summed E-state index contributed by atoms with van der Waals surface area (Å²) in [5.41, 5.74) is -1.88. The molecule has 18 heteroatoms. The lowest BCUT2D eigenvalue weighted by Crippen LogP contribution is -2.41. The quantitative estimate of drug-likeness (QED) is 0.0392. The van der Waals surface area contributed by atoms with Crippen LogP contribution in [0.15, 0.2) is 68.7 Å². The summed E-state index contributed by atoms with van der Waals surface area (Å²) in [5.74, 6) is -2.41. The molecule has 1 aromatic heterocycles. The van der Waals surface area contributed by atoms with Gasteiger partial charge in [-0.3, -0.25) is 0 Å². The predicted molar refractivity (Wildman–Crippen MR) is 144 cm³/mol. The van der Waals surface area contributed by atoms with E-state index in [1.807, 2.05) is 0 Å². The van der Waals surface area contributed by atoms with Gasteiger partial charge in [-0.2, -0.15) is 17.6 Å². The number of benzene rings is 2. The Morgan fingerprint density at radius 3 is 2.15 bits per heavy atom. The van der Waals surface area contributed by atoms with Crippen molar-refractivity contribution in [2.45, 2.75) is 49.5 Å². The first kappa shape index (κ1) is 36.6. The monoisotopic (exact) mass is 690 g/mol. The highest BCUT2D eigenvalue weighted by Gasteiger charge is 2.51. The Morgan fingerprint density at radius 2 is 1.54 bits per heavy atom. The molecule has 0 aliphatic carbocycles. The van der Waals surface area contributed by atoms with E-state index in [1.54, 1.807) is 0 Å². The van der Waals surface area contributed by atoms with Gasteiger partial charge in [0.1, 0.15) is 17.1 Å². The second kappa shape index (κ2) is 14.3. The Bertz CT molecular complexity index is 1620. The van der Waals surface area contributed by atoms with Crippen LogP contribution >= 0.6 is 11.8 Å². The number of alkyl halides is 9. The standard InChI is InChI=1S/C28H23F9O8S/c1-15(2)23(38)41-10-8-25(29,30)44-28(36,37)45-26(31,32)9-11-46-18-6-4-16-12-20(24(39)42-21(16)14-18)19-7-5-17(40-3)13-22(19)43-27(33,34)35/h4-7,12-14H,1,8-11H2,2-3H3. The van der Waals surface area contributed by atoms with Crippen LogP contribution in [0.1, 0.15) is 19.8 Å². The van der Waals surface area contributed by atoms with E-state index in [0.29, 0.717) is 11.8 Å². The molecule has 0 saturated carbocycles. The maximum atomic E-state index is 14.1. The highest BCUT2D eigenvalue weighted by atomic mass is 32.2. The van der Waals surface area contributed by atoms with E-state index in [1.165, 1.54) is 44.4 Å². The van der Waals surface area contributed by atoms with Gasteiger partial charge < -0.3 is 18.6 Å². The highest BCUT2D eigenvalue weighted by molar-refractivity contribution is 7.99. The Balaban J connectivity index is 1.66. The zero-order chi connectivity index (χ0) is 34.5. The van der Waals surface area contributed by atoms with Gasteiger partial charge in [-0.1, -0.05) is 12.6 Å². The van der Waals surface area contributed by atoms with Gasteiger partial charge in [-0.15, -0.1) is 33.7 Å². The number of thioether (sulfide) groups is 1. The molecule has 0 atom stereocenters. The van der Waals surface area contributed by atoms with Gasteiger partial charge in [0.2, 0.25) is 0 Å². The first-order valence-electron chi connectivity index (χ1n) is 12.7. The van der Waals surface area contributed by atoms with E-state index in [9.17, 15) is 49.1 Å². The summed E-state index contributed by atoms with van der Waals surface area (Å²) in [4.78, 5) is 24.1. The summed E-state index contributed by atoms with van der Waals surface area (Å²) in [6.07, 6.45) is -22.9. The van der Waals surface area contributed by atoms with Gasteiger partial charge in [0, 0.05) is 39.7 Å². The second-order valence-corrected chi connectivity index (χ2v) is 10.4. The van der Waals surface area contributed by atoms with E-state index in [4.69, 9.17) is 9.15 Å². The van der Waals surface area contributed by atoms with Gasteiger partial charge in [0.15, 0.2) is 0 Å². The van der Waals surface area contributed by atoms with Crippen LogP contribution in [-0.2, 0) is 19.0 Å². The normalized spacial score (nSPS) is 12.7. The molecule has 3 rings (SSSR count). The molecule has 2 aromatic carbocycles. The molecule has 46 heavy (non-hydrogen) atoms. The fraction of sp³-hybridized carbons (Fsp3) is 0.357. The second-order valence-electron chi connectivity index (χ2n) is 9.26. The fourth-order valence-corrected chi connectivity index (χ4v) is 4.50. The summed E-state index contributed by atoms with van der Waals surface area (Å²) in [5, 5.41) is 0.216. The number of halogens is 9. The van der Waals surface area contributed by atoms with E-state index in [2.05, 4.69) is 25.5 Å². The lowest BCUT2D eigenvalue weighted by atomic mass is 10.0. The topological polar surface area (TPSA) is 93.4 Å². The summed E-state index contributed by atoms with van der Waals surface area (Å²) in [6.45, 7) is 3.31. The van der Waals surface area contributed by atoms with E-state index >= 15 is 0 Å². The number of hydrogen-bond acceptors (Lipinski definition) is 9. The number of carbonyl (C=O) groups is 1. The predicted octanol–water partition coefficient (Wildman–Crippen LogP) is 8.13. The Labute approximate surface area is 258 Å². The zero-order valence-electron chi connectivity index (χ0n) is 23.7. The van der Waals surface area contributed by atoms with Crippen molar-refractivity contribution in [1.29, 1.82) is 0 Å². The molecule has 0 spiro atoms. The molecule has 1 heterocycles. The van der Waals surface area contributed by atoms with Gasteiger partial charge in [-0.05, 0) is 37.3 Å². The van der Waals surface area contributed by atoms with Gasteiger partial charge in [0.05, 0.1) is 25.7 Å². The maximum Gasteiger partial charge on any atom is 0.573 e. The van der Waals surface area contributed by atoms with Crippen LogP contribution in [0.25, 0.3) is 22.1 Å². The molecule has 0 radical (unpaired) electrons. The third-order valence-corrected chi connectivity index (χ3v) is 6.58. The Kier molecular flexibility index (Phi) is 11.3. The lowest BCUT2D eigenvalue weighted by Gasteiger charge is -2.26. The molecule has 0 saturated heterocycles. The first-order chi connectivity index (χ1) is 21.2. The summed E-state index contributed by atoms with van der Waals surface area (Å²) in [7, 11) is 1.21. The number of rotatable bonds is 15. The van der Waals surface area contributed by atoms with Gasteiger partial charge in [0.25, 0.3) is 0 Å². The van der Waals surface area contributed by atoms with Crippen molar-refractivity contribution < 1.29 is 72.4 Å². The SMILES string of the molecule is C=C(C)C(=O)OCCC(F)(F)OC(F)(F)OC(F)(F)CCSc1ccc2cc(-c3ccc(OC)cc3OC(F)(F)F)c(=O)oc2c1. The fourth-order valence-electron chi connectivity index (χ4n) is 3.57. The molecule has 0 N–H and O–H groups in total. The summed E-state index contributed by atoms with van der Waals surface area (Å²) >= 11 is 0.666. The summed E-state index contributed by atoms with van der Waals surface area (Å²) in [6, 6.07) is 8.51. The third kappa shape index (κ3) is 10.9. The molecule has 8 nitrogen and oxygen atoms in total.